The maximum Gasteiger partial charge on any atom is 0.155 e. The molecule has 0 radical (unpaired) electrons. The predicted molar refractivity (Wildman–Crippen MR) is 68.1 cm³/mol. The van der Waals surface area contributed by atoms with Crippen LogP contribution in [0.4, 0.5) is 0 Å². The van der Waals surface area contributed by atoms with Crippen LogP contribution in [0, 0.1) is 5.92 Å². The fourth-order valence-electron chi connectivity index (χ4n) is 2.21. The van der Waals surface area contributed by atoms with Crippen LogP contribution in [0.15, 0.2) is 0 Å². The second kappa shape index (κ2) is 5.05. The summed E-state index contributed by atoms with van der Waals surface area (Å²) in [5, 5.41) is 0. The monoisotopic (exact) mass is 247 g/mol. The van der Waals surface area contributed by atoms with E-state index in [1.165, 1.54) is 12.8 Å². The van der Waals surface area contributed by atoms with Gasteiger partial charge in [-0.2, -0.15) is 0 Å². The zero-order chi connectivity index (χ0) is 12.4. The minimum absolute atomic E-state index is 0.212. The lowest BCUT2D eigenvalue weighted by Crippen LogP contribution is -2.36. The molecule has 96 valence electrons. The highest BCUT2D eigenvalue weighted by molar-refractivity contribution is 7.92. The highest BCUT2D eigenvalue weighted by Gasteiger charge is 2.31. The van der Waals surface area contributed by atoms with Gasteiger partial charge in [0.2, 0.25) is 0 Å². The molecule has 1 aliphatic rings. The molecule has 0 aromatic heterocycles. The van der Waals surface area contributed by atoms with Crippen molar-refractivity contribution in [3.05, 3.63) is 0 Å². The largest absolute Gasteiger partial charge is 0.327 e. The van der Waals surface area contributed by atoms with Crippen molar-refractivity contribution in [2.24, 2.45) is 11.7 Å². The van der Waals surface area contributed by atoms with Gasteiger partial charge in [-0.1, -0.05) is 12.8 Å². The van der Waals surface area contributed by atoms with Crippen molar-refractivity contribution in [2.75, 3.05) is 5.75 Å². The molecule has 2 N–H and O–H groups in total. The van der Waals surface area contributed by atoms with E-state index in [1.54, 1.807) is 20.8 Å². The van der Waals surface area contributed by atoms with Crippen LogP contribution in [0.2, 0.25) is 0 Å². The standard InChI is InChI=1S/C12H25NO2S/c1-12(2,3)16(14,15)9-8-10-6-4-5-7-11(10)13/h10-11H,4-9,13H2,1-3H3. The number of hydrogen-bond donors (Lipinski definition) is 1. The van der Waals surface area contributed by atoms with Gasteiger partial charge >= 0.3 is 0 Å². The van der Waals surface area contributed by atoms with E-state index in [9.17, 15) is 8.42 Å². The maximum atomic E-state index is 12.0. The summed E-state index contributed by atoms with van der Waals surface area (Å²) in [6.07, 6.45) is 5.29. The third-order valence-corrected chi connectivity index (χ3v) is 6.30. The summed E-state index contributed by atoms with van der Waals surface area (Å²) >= 11 is 0. The van der Waals surface area contributed by atoms with Crippen LogP contribution in [-0.4, -0.2) is 25.0 Å². The van der Waals surface area contributed by atoms with E-state index < -0.39 is 14.6 Å². The summed E-state index contributed by atoms with van der Waals surface area (Å²) in [5.74, 6) is 0.695. The molecule has 0 amide bonds. The Kier molecular flexibility index (Phi) is 4.41. The fourth-order valence-corrected chi connectivity index (χ4v) is 3.43. The second-order valence-corrected chi connectivity index (χ2v) is 8.79. The molecule has 0 bridgehead atoms. The zero-order valence-electron chi connectivity index (χ0n) is 10.7. The molecular formula is C12H25NO2S. The lowest BCUT2D eigenvalue weighted by Gasteiger charge is -2.29. The van der Waals surface area contributed by atoms with Gasteiger partial charge in [-0.15, -0.1) is 0 Å². The maximum absolute atomic E-state index is 12.0. The van der Waals surface area contributed by atoms with E-state index in [0.717, 1.165) is 19.3 Å². The van der Waals surface area contributed by atoms with Gasteiger partial charge in [-0.05, 0) is 46.0 Å². The molecule has 2 unspecified atom stereocenters. The summed E-state index contributed by atoms with van der Waals surface area (Å²) in [6, 6.07) is 0.212. The van der Waals surface area contributed by atoms with E-state index in [2.05, 4.69) is 0 Å². The summed E-state index contributed by atoms with van der Waals surface area (Å²) in [5.41, 5.74) is 6.02. The topological polar surface area (TPSA) is 60.2 Å². The molecule has 0 saturated heterocycles. The number of sulfone groups is 1. The summed E-state index contributed by atoms with van der Waals surface area (Å²) in [4.78, 5) is 0. The smallest absolute Gasteiger partial charge is 0.155 e. The first-order valence-electron chi connectivity index (χ1n) is 6.22. The van der Waals surface area contributed by atoms with Gasteiger partial charge < -0.3 is 5.73 Å². The Hall–Kier alpha value is -0.0900. The van der Waals surface area contributed by atoms with Gasteiger partial charge in [0, 0.05) is 6.04 Å². The molecule has 0 aromatic rings. The lowest BCUT2D eigenvalue weighted by atomic mass is 9.83. The molecular weight excluding hydrogens is 222 g/mol. The van der Waals surface area contributed by atoms with Crippen molar-refractivity contribution in [3.63, 3.8) is 0 Å². The van der Waals surface area contributed by atoms with Crippen LogP contribution in [0.1, 0.15) is 52.9 Å². The van der Waals surface area contributed by atoms with E-state index in [0.29, 0.717) is 5.92 Å². The van der Waals surface area contributed by atoms with Crippen LogP contribution in [-0.2, 0) is 9.84 Å². The average molecular weight is 247 g/mol. The van der Waals surface area contributed by atoms with Crippen LogP contribution in [0.5, 0.6) is 0 Å². The van der Waals surface area contributed by atoms with Crippen molar-refractivity contribution in [1.82, 2.24) is 0 Å². The molecule has 1 fully saturated rings. The normalized spacial score (nSPS) is 28.0. The molecule has 4 heteroatoms. The van der Waals surface area contributed by atoms with E-state index >= 15 is 0 Å². The Labute approximate surface area is 99.7 Å². The first-order chi connectivity index (χ1) is 7.24. The van der Waals surface area contributed by atoms with E-state index in [-0.39, 0.29) is 11.8 Å². The van der Waals surface area contributed by atoms with Crippen molar-refractivity contribution >= 4 is 9.84 Å². The fraction of sp³-hybridized carbons (Fsp3) is 1.00. The van der Waals surface area contributed by atoms with Gasteiger partial charge in [0.25, 0.3) is 0 Å². The first-order valence-corrected chi connectivity index (χ1v) is 7.87. The van der Waals surface area contributed by atoms with Crippen LogP contribution >= 0.6 is 0 Å². The van der Waals surface area contributed by atoms with Crippen LogP contribution in [0.3, 0.4) is 0 Å². The van der Waals surface area contributed by atoms with Gasteiger partial charge in [0.15, 0.2) is 9.84 Å². The Morgan fingerprint density at radius 1 is 1.19 bits per heavy atom. The number of hydrogen-bond acceptors (Lipinski definition) is 3. The minimum Gasteiger partial charge on any atom is -0.327 e. The van der Waals surface area contributed by atoms with Crippen LogP contribution < -0.4 is 5.73 Å². The van der Waals surface area contributed by atoms with Crippen molar-refractivity contribution in [3.8, 4) is 0 Å². The molecule has 0 aromatic carbocycles. The predicted octanol–water partition coefficient (Wildman–Crippen LogP) is 2.11. The summed E-state index contributed by atoms with van der Waals surface area (Å²) < 4.78 is 23.3. The molecule has 1 saturated carbocycles. The van der Waals surface area contributed by atoms with Gasteiger partial charge in [0.1, 0.15) is 0 Å². The molecule has 16 heavy (non-hydrogen) atoms. The van der Waals surface area contributed by atoms with E-state index in [4.69, 9.17) is 5.73 Å². The Morgan fingerprint density at radius 2 is 1.75 bits per heavy atom. The van der Waals surface area contributed by atoms with Crippen molar-refractivity contribution in [2.45, 2.75) is 63.7 Å². The minimum atomic E-state index is -2.98. The third-order valence-electron chi connectivity index (χ3n) is 3.66. The van der Waals surface area contributed by atoms with Gasteiger partial charge in [0.05, 0.1) is 10.5 Å². The second-order valence-electron chi connectivity index (χ2n) is 5.93. The zero-order valence-corrected chi connectivity index (χ0v) is 11.5. The molecule has 0 spiro atoms. The molecule has 3 nitrogen and oxygen atoms in total. The molecule has 1 rings (SSSR count). The Bertz CT molecular complexity index is 316. The summed E-state index contributed by atoms with van der Waals surface area (Å²) in [6.45, 7) is 5.30. The molecule has 0 heterocycles. The quantitative estimate of drug-likeness (QED) is 0.831. The first kappa shape index (κ1) is 14.0. The number of rotatable bonds is 3. The molecule has 1 aliphatic carbocycles. The third kappa shape index (κ3) is 3.45. The van der Waals surface area contributed by atoms with Crippen molar-refractivity contribution in [1.29, 1.82) is 0 Å². The summed E-state index contributed by atoms with van der Waals surface area (Å²) in [7, 11) is -2.98. The van der Waals surface area contributed by atoms with Gasteiger partial charge in [-0.3, -0.25) is 0 Å². The lowest BCUT2D eigenvalue weighted by molar-refractivity contribution is 0.300. The molecule has 2 atom stereocenters. The number of nitrogens with two attached hydrogens (primary N) is 1. The Balaban J connectivity index is 2.51. The highest BCUT2D eigenvalue weighted by Crippen LogP contribution is 2.27. The Morgan fingerprint density at radius 3 is 2.25 bits per heavy atom. The van der Waals surface area contributed by atoms with Crippen molar-refractivity contribution < 1.29 is 8.42 Å². The average Bonchev–Trinajstić information content (AvgIpc) is 2.15. The van der Waals surface area contributed by atoms with Gasteiger partial charge in [-0.25, -0.2) is 8.42 Å². The van der Waals surface area contributed by atoms with Crippen LogP contribution in [0.25, 0.3) is 0 Å². The van der Waals surface area contributed by atoms with E-state index in [1.807, 2.05) is 0 Å². The SMILES string of the molecule is CC(C)(C)S(=O)(=O)CCC1CCCCC1N. The highest BCUT2D eigenvalue weighted by atomic mass is 32.2. The molecule has 0 aliphatic heterocycles.